The third-order valence-corrected chi connectivity index (χ3v) is 4.60. The van der Waals surface area contributed by atoms with Gasteiger partial charge in [0, 0.05) is 18.1 Å². The second-order valence-corrected chi connectivity index (χ2v) is 8.06. The van der Waals surface area contributed by atoms with Gasteiger partial charge in [0.15, 0.2) is 0 Å². The molecule has 0 radical (unpaired) electrons. The third kappa shape index (κ3) is 5.83. The first-order chi connectivity index (χ1) is 8.70. The molecule has 1 unspecified atom stereocenters. The van der Waals surface area contributed by atoms with Crippen molar-refractivity contribution in [3.05, 3.63) is 0 Å². The van der Waals surface area contributed by atoms with Gasteiger partial charge in [-0.2, -0.15) is 0 Å². The van der Waals surface area contributed by atoms with Crippen molar-refractivity contribution >= 4 is 0 Å². The first-order valence-corrected chi connectivity index (χ1v) is 8.20. The van der Waals surface area contributed by atoms with Gasteiger partial charge in [-0.1, -0.05) is 27.7 Å². The molecule has 19 heavy (non-hydrogen) atoms. The lowest BCUT2D eigenvalue weighted by Gasteiger charge is -2.41. The lowest BCUT2D eigenvalue weighted by atomic mass is 9.85. The van der Waals surface area contributed by atoms with Gasteiger partial charge in [0.05, 0.1) is 0 Å². The highest BCUT2D eigenvalue weighted by Crippen LogP contribution is 2.26. The standard InChI is InChI=1S/C17H36N2/c1-13(2)15-8-10-19(11-9-15)16(14(3)4)12-18-17(5,6)7/h13-16,18H,8-12H2,1-7H3. The van der Waals surface area contributed by atoms with Gasteiger partial charge in [-0.25, -0.2) is 0 Å². The summed E-state index contributed by atoms with van der Waals surface area (Å²) >= 11 is 0. The minimum atomic E-state index is 0.226. The molecule has 1 atom stereocenters. The highest BCUT2D eigenvalue weighted by molar-refractivity contribution is 4.84. The van der Waals surface area contributed by atoms with E-state index in [4.69, 9.17) is 0 Å². The molecule has 1 saturated heterocycles. The molecule has 0 aromatic rings. The van der Waals surface area contributed by atoms with Crippen LogP contribution in [0.4, 0.5) is 0 Å². The highest BCUT2D eigenvalue weighted by Gasteiger charge is 2.28. The zero-order valence-electron chi connectivity index (χ0n) is 14.3. The molecule has 1 fully saturated rings. The maximum Gasteiger partial charge on any atom is 0.0243 e. The number of nitrogens with zero attached hydrogens (tertiary/aromatic N) is 1. The van der Waals surface area contributed by atoms with Crippen LogP contribution in [0.25, 0.3) is 0 Å². The molecule has 1 heterocycles. The fourth-order valence-corrected chi connectivity index (χ4v) is 3.11. The molecule has 0 spiro atoms. The summed E-state index contributed by atoms with van der Waals surface area (Å²) in [5.41, 5.74) is 0.226. The van der Waals surface area contributed by atoms with Crippen molar-refractivity contribution in [3.8, 4) is 0 Å². The van der Waals surface area contributed by atoms with Crippen LogP contribution in [-0.2, 0) is 0 Å². The van der Waals surface area contributed by atoms with Crippen LogP contribution >= 0.6 is 0 Å². The Bertz CT molecular complexity index is 244. The predicted octanol–water partition coefficient (Wildman–Crippen LogP) is 3.77. The van der Waals surface area contributed by atoms with E-state index in [-0.39, 0.29) is 5.54 Å². The number of hydrogen-bond donors (Lipinski definition) is 1. The largest absolute Gasteiger partial charge is 0.311 e. The second kappa shape index (κ2) is 7.08. The molecule has 0 saturated carbocycles. The Hall–Kier alpha value is -0.0800. The van der Waals surface area contributed by atoms with Crippen molar-refractivity contribution in [3.63, 3.8) is 0 Å². The van der Waals surface area contributed by atoms with Crippen molar-refractivity contribution in [2.75, 3.05) is 19.6 Å². The maximum atomic E-state index is 3.69. The average Bonchev–Trinajstić information content (AvgIpc) is 2.27. The Labute approximate surface area is 121 Å². The van der Waals surface area contributed by atoms with Crippen molar-refractivity contribution in [2.45, 2.75) is 72.9 Å². The summed E-state index contributed by atoms with van der Waals surface area (Å²) in [6, 6.07) is 0.687. The van der Waals surface area contributed by atoms with E-state index in [0.29, 0.717) is 6.04 Å². The van der Waals surface area contributed by atoms with Gasteiger partial charge in [0.1, 0.15) is 0 Å². The number of nitrogens with one attached hydrogen (secondary N) is 1. The fraction of sp³-hybridized carbons (Fsp3) is 1.00. The van der Waals surface area contributed by atoms with Gasteiger partial charge in [0.2, 0.25) is 0 Å². The van der Waals surface area contributed by atoms with Crippen LogP contribution in [0.5, 0.6) is 0 Å². The van der Waals surface area contributed by atoms with Crippen molar-refractivity contribution in [2.24, 2.45) is 17.8 Å². The summed E-state index contributed by atoms with van der Waals surface area (Å²) in [6.07, 6.45) is 2.77. The molecule has 1 aliphatic rings. The van der Waals surface area contributed by atoms with Gasteiger partial charge in [-0.15, -0.1) is 0 Å². The predicted molar refractivity (Wildman–Crippen MR) is 85.5 cm³/mol. The van der Waals surface area contributed by atoms with E-state index in [9.17, 15) is 0 Å². The Balaban J connectivity index is 2.50. The van der Waals surface area contributed by atoms with Crippen molar-refractivity contribution < 1.29 is 0 Å². The lowest BCUT2D eigenvalue weighted by molar-refractivity contribution is 0.0860. The summed E-state index contributed by atoms with van der Waals surface area (Å²) in [6.45, 7) is 20.0. The Kier molecular flexibility index (Phi) is 6.32. The SMILES string of the molecule is CC(C)C1CCN(C(CNC(C)(C)C)C(C)C)CC1. The lowest BCUT2D eigenvalue weighted by Crippen LogP contribution is -2.52. The van der Waals surface area contributed by atoms with E-state index in [1.54, 1.807) is 0 Å². The zero-order chi connectivity index (χ0) is 14.6. The van der Waals surface area contributed by atoms with Crippen LogP contribution in [0, 0.1) is 17.8 Å². The number of piperidine rings is 1. The quantitative estimate of drug-likeness (QED) is 0.816. The average molecular weight is 268 g/mol. The van der Waals surface area contributed by atoms with Gasteiger partial charge in [0.25, 0.3) is 0 Å². The van der Waals surface area contributed by atoms with Crippen molar-refractivity contribution in [1.29, 1.82) is 0 Å². The summed E-state index contributed by atoms with van der Waals surface area (Å²) < 4.78 is 0. The normalized spacial score (nSPS) is 21.3. The minimum Gasteiger partial charge on any atom is -0.311 e. The van der Waals surface area contributed by atoms with E-state index in [1.165, 1.54) is 25.9 Å². The Morgan fingerprint density at radius 1 is 1.05 bits per heavy atom. The first kappa shape index (κ1) is 17.0. The van der Waals surface area contributed by atoms with E-state index < -0.39 is 0 Å². The summed E-state index contributed by atoms with van der Waals surface area (Å²) in [5.74, 6) is 2.53. The first-order valence-electron chi connectivity index (χ1n) is 8.20. The van der Waals surface area contributed by atoms with E-state index in [2.05, 4.69) is 58.7 Å². The minimum absolute atomic E-state index is 0.226. The topological polar surface area (TPSA) is 15.3 Å². The molecule has 114 valence electrons. The van der Waals surface area contributed by atoms with Crippen LogP contribution in [0.1, 0.15) is 61.3 Å². The molecular weight excluding hydrogens is 232 g/mol. The van der Waals surface area contributed by atoms with Gasteiger partial charge in [-0.3, -0.25) is 4.90 Å². The smallest absolute Gasteiger partial charge is 0.0243 e. The molecule has 2 heteroatoms. The molecule has 2 nitrogen and oxygen atoms in total. The summed E-state index contributed by atoms with van der Waals surface area (Å²) in [7, 11) is 0. The van der Waals surface area contributed by atoms with Gasteiger partial charge < -0.3 is 5.32 Å². The summed E-state index contributed by atoms with van der Waals surface area (Å²) in [5, 5.41) is 3.69. The zero-order valence-corrected chi connectivity index (χ0v) is 14.3. The molecule has 0 aliphatic carbocycles. The molecule has 0 aromatic carbocycles. The third-order valence-electron chi connectivity index (χ3n) is 4.60. The molecule has 1 rings (SSSR count). The molecular formula is C17H36N2. The van der Waals surface area contributed by atoms with E-state index in [1.807, 2.05) is 0 Å². The van der Waals surface area contributed by atoms with Gasteiger partial charge >= 0.3 is 0 Å². The molecule has 0 bridgehead atoms. The Morgan fingerprint density at radius 3 is 1.95 bits per heavy atom. The molecule has 0 aromatic heterocycles. The summed E-state index contributed by atoms with van der Waals surface area (Å²) in [4.78, 5) is 2.72. The highest BCUT2D eigenvalue weighted by atomic mass is 15.2. The molecule has 0 amide bonds. The monoisotopic (exact) mass is 268 g/mol. The van der Waals surface area contributed by atoms with Crippen LogP contribution in [0.15, 0.2) is 0 Å². The van der Waals surface area contributed by atoms with Crippen molar-refractivity contribution in [1.82, 2.24) is 10.2 Å². The maximum absolute atomic E-state index is 3.69. The second-order valence-electron chi connectivity index (χ2n) is 8.06. The van der Waals surface area contributed by atoms with Crippen LogP contribution in [-0.4, -0.2) is 36.1 Å². The van der Waals surface area contributed by atoms with Crippen LogP contribution in [0.2, 0.25) is 0 Å². The number of hydrogen-bond acceptors (Lipinski definition) is 2. The molecule has 1 N–H and O–H groups in total. The number of likely N-dealkylation sites (tertiary alicyclic amines) is 1. The van der Waals surface area contributed by atoms with Crippen LogP contribution in [0.3, 0.4) is 0 Å². The molecule has 1 aliphatic heterocycles. The van der Waals surface area contributed by atoms with E-state index in [0.717, 1.165) is 24.3 Å². The fourth-order valence-electron chi connectivity index (χ4n) is 3.11. The van der Waals surface area contributed by atoms with E-state index >= 15 is 0 Å². The number of rotatable bonds is 5. The Morgan fingerprint density at radius 2 is 1.58 bits per heavy atom. The van der Waals surface area contributed by atoms with Crippen LogP contribution < -0.4 is 5.32 Å². The van der Waals surface area contributed by atoms with Gasteiger partial charge in [-0.05, 0) is 64.5 Å².